The molecular formula is C23H25N5O3S. The summed E-state index contributed by atoms with van der Waals surface area (Å²) in [6, 6.07) is 7.18. The molecule has 2 aromatic heterocycles. The molecule has 0 saturated carbocycles. The number of anilines is 1. The van der Waals surface area contributed by atoms with Crippen LogP contribution in [0.15, 0.2) is 51.5 Å². The highest BCUT2D eigenvalue weighted by molar-refractivity contribution is 7.07. The van der Waals surface area contributed by atoms with E-state index in [0.29, 0.717) is 20.6 Å². The van der Waals surface area contributed by atoms with E-state index in [1.54, 1.807) is 16.2 Å². The van der Waals surface area contributed by atoms with E-state index in [9.17, 15) is 9.59 Å². The number of benzene rings is 1. The van der Waals surface area contributed by atoms with Crippen LogP contribution in [0.1, 0.15) is 29.8 Å². The number of nitrogens with zero attached hydrogens (tertiary/aromatic N) is 5. The Morgan fingerprint density at radius 1 is 1.22 bits per heavy atom. The Hall–Kier alpha value is -3.46. The number of ether oxygens (including phenoxy) is 1. The second-order valence-electron chi connectivity index (χ2n) is 7.90. The van der Waals surface area contributed by atoms with Gasteiger partial charge in [0, 0.05) is 38.6 Å². The number of thiazole rings is 1. The molecule has 1 aromatic carbocycles. The Labute approximate surface area is 189 Å². The van der Waals surface area contributed by atoms with Gasteiger partial charge in [0.05, 0.1) is 34.6 Å². The lowest BCUT2D eigenvalue weighted by molar-refractivity contribution is -0.136. The fraction of sp³-hybridized carbons (Fsp3) is 0.304. The summed E-state index contributed by atoms with van der Waals surface area (Å²) >= 11 is 1.30. The first-order valence-corrected chi connectivity index (χ1v) is 10.9. The minimum Gasteiger partial charge on any atom is -0.466 e. The zero-order valence-electron chi connectivity index (χ0n) is 18.9. The molecular weight excluding hydrogens is 426 g/mol. The van der Waals surface area contributed by atoms with Gasteiger partial charge in [0.2, 0.25) is 0 Å². The minimum atomic E-state index is -0.618. The molecule has 1 atom stereocenters. The highest BCUT2D eigenvalue weighted by Crippen LogP contribution is 2.31. The molecule has 1 aliphatic heterocycles. The van der Waals surface area contributed by atoms with Crippen LogP contribution in [-0.4, -0.2) is 41.5 Å². The van der Waals surface area contributed by atoms with Gasteiger partial charge in [0.25, 0.3) is 5.56 Å². The molecule has 1 aliphatic rings. The molecule has 8 nitrogen and oxygen atoms in total. The maximum absolute atomic E-state index is 13.5. The Morgan fingerprint density at radius 3 is 2.47 bits per heavy atom. The van der Waals surface area contributed by atoms with Crippen LogP contribution >= 0.6 is 11.3 Å². The Kier molecular flexibility index (Phi) is 5.60. The van der Waals surface area contributed by atoms with Crippen LogP contribution in [0.25, 0.3) is 6.08 Å². The van der Waals surface area contributed by atoms with Gasteiger partial charge in [-0.15, -0.1) is 0 Å². The third-order valence-corrected chi connectivity index (χ3v) is 6.47. The first-order chi connectivity index (χ1) is 15.2. The normalized spacial score (nSPS) is 16.1. The number of fused-ring (bicyclic) bond motifs is 1. The van der Waals surface area contributed by atoms with Crippen LogP contribution in [0.2, 0.25) is 0 Å². The lowest BCUT2D eigenvalue weighted by Gasteiger charge is -2.25. The van der Waals surface area contributed by atoms with E-state index >= 15 is 0 Å². The van der Waals surface area contributed by atoms with Gasteiger partial charge in [-0.2, -0.15) is 5.10 Å². The van der Waals surface area contributed by atoms with Crippen LogP contribution in [0.5, 0.6) is 0 Å². The number of aryl methyl sites for hydroxylation is 2. The van der Waals surface area contributed by atoms with Crippen molar-refractivity contribution in [3.63, 3.8) is 0 Å². The summed E-state index contributed by atoms with van der Waals surface area (Å²) in [4.78, 5) is 33.4. The number of carbonyl (C=O) groups excluding carboxylic acids is 1. The van der Waals surface area contributed by atoms with Crippen molar-refractivity contribution in [1.82, 2.24) is 14.3 Å². The highest BCUT2D eigenvalue weighted by Gasteiger charge is 2.33. The SMILES string of the molecule is COC(=O)C1=C(C)N=c2s/c(=C/c3cn(C)nc3C)c(=O)n2C1c1ccc(N(C)C)cc1. The molecule has 3 aromatic rings. The molecule has 1 unspecified atom stereocenters. The lowest BCUT2D eigenvalue weighted by Crippen LogP contribution is -2.39. The topological polar surface area (TPSA) is 81.7 Å². The van der Waals surface area contributed by atoms with Gasteiger partial charge >= 0.3 is 5.97 Å². The van der Waals surface area contributed by atoms with Crippen molar-refractivity contribution < 1.29 is 9.53 Å². The molecule has 0 N–H and O–H groups in total. The monoisotopic (exact) mass is 451 g/mol. The third kappa shape index (κ3) is 3.69. The molecule has 32 heavy (non-hydrogen) atoms. The van der Waals surface area contributed by atoms with Gasteiger partial charge < -0.3 is 9.64 Å². The van der Waals surface area contributed by atoms with Gasteiger partial charge in [0.15, 0.2) is 4.80 Å². The fourth-order valence-corrected chi connectivity index (χ4v) is 4.90. The predicted octanol–water partition coefficient (Wildman–Crippen LogP) is 1.52. The molecule has 0 radical (unpaired) electrons. The summed E-state index contributed by atoms with van der Waals surface area (Å²) in [7, 11) is 7.10. The van der Waals surface area contributed by atoms with Crippen molar-refractivity contribution >= 4 is 29.1 Å². The third-order valence-electron chi connectivity index (χ3n) is 5.49. The van der Waals surface area contributed by atoms with E-state index in [1.807, 2.05) is 69.5 Å². The summed E-state index contributed by atoms with van der Waals surface area (Å²) in [6.45, 7) is 3.67. The van der Waals surface area contributed by atoms with Crippen molar-refractivity contribution in [1.29, 1.82) is 0 Å². The second-order valence-corrected chi connectivity index (χ2v) is 8.91. The number of carbonyl (C=O) groups is 1. The van der Waals surface area contributed by atoms with E-state index < -0.39 is 12.0 Å². The van der Waals surface area contributed by atoms with E-state index in [0.717, 1.165) is 22.5 Å². The van der Waals surface area contributed by atoms with Gasteiger partial charge in [-0.1, -0.05) is 23.5 Å². The molecule has 3 heterocycles. The number of allylic oxidation sites excluding steroid dienone is 1. The number of esters is 1. The van der Waals surface area contributed by atoms with Crippen LogP contribution in [0.3, 0.4) is 0 Å². The fourth-order valence-electron chi connectivity index (χ4n) is 3.86. The van der Waals surface area contributed by atoms with Crippen LogP contribution < -0.4 is 19.8 Å². The van der Waals surface area contributed by atoms with Gasteiger partial charge in [-0.25, -0.2) is 9.79 Å². The largest absolute Gasteiger partial charge is 0.466 e. The molecule has 0 bridgehead atoms. The van der Waals surface area contributed by atoms with Gasteiger partial charge in [-0.3, -0.25) is 14.0 Å². The average molecular weight is 452 g/mol. The van der Waals surface area contributed by atoms with Gasteiger partial charge in [-0.05, 0) is 37.6 Å². The number of methoxy groups -OCH3 is 1. The first-order valence-electron chi connectivity index (χ1n) is 10.1. The lowest BCUT2D eigenvalue weighted by atomic mass is 9.95. The number of hydrogen-bond donors (Lipinski definition) is 0. The smallest absolute Gasteiger partial charge is 0.338 e. The van der Waals surface area contributed by atoms with E-state index in [4.69, 9.17) is 4.74 Å². The zero-order valence-corrected chi connectivity index (χ0v) is 19.7. The summed E-state index contributed by atoms with van der Waals surface area (Å²) in [5.41, 5.74) is 4.25. The van der Waals surface area contributed by atoms with Crippen LogP contribution in [-0.2, 0) is 16.6 Å². The summed E-state index contributed by atoms with van der Waals surface area (Å²) in [6.07, 6.45) is 3.70. The van der Waals surface area contributed by atoms with Crippen molar-refractivity contribution in [2.75, 3.05) is 26.1 Å². The molecule has 0 aliphatic carbocycles. The minimum absolute atomic E-state index is 0.201. The van der Waals surface area contributed by atoms with Gasteiger partial charge in [0.1, 0.15) is 0 Å². The Bertz CT molecular complexity index is 1410. The molecule has 0 fully saturated rings. The zero-order chi connectivity index (χ0) is 23.2. The van der Waals surface area contributed by atoms with E-state index in [1.165, 1.54) is 18.4 Å². The second kappa shape index (κ2) is 8.23. The summed E-state index contributed by atoms with van der Waals surface area (Å²) in [5, 5.41) is 4.35. The number of aromatic nitrogens is 3. The Morgan fingerprint density at radius 2 is 1.91 bits per heavy atom. The average Bonchev–Trinajstić information content (AvgIpc) is 3.24. The first kappa shape index (κ1) is 21.8. The molecule has 9 heteroatoms. The predicted molar refractivity (Wildman–Crippen MR) is 124 cm³/mol. The number of hydrogen-bond acceptors (Lipinski definition) is 7. The van der Waals surface area contributed by atoms with Crippen molar-refractivity contribution in [2.24, 2.45) is 12.0 Å². The molecule has 0 saturated heterocycles. The van der Waals surface area contributed by atoms with E-state index in [-0.39, 0.29) is 5.56 Å². The standard InChI is InChI=1S/C23H25N5O3S/c1-13-16(12-27(5)25-13)11-18-21(29)28-20(15-7-9-17(10-8-15)26(3)4)19(22(30)31-6)14(2)24-23(28)32-18/h7-12,20H,1-6H3/b18-11+. The van der Waals surface area contributed by atoms with Crippen molar-refractivity contribution in [2.45, 2.75) is 19.9 Å². The number of rotatable bonds is 4. The van der Waals surface area contributed by atoms with Crippen LogP contribution in [0.4, 0.5) is 5.69 Å². The molecule has 4 rings (SSSR count). The molecule has 166 valence electrons. The highest BCUT2D eigenvalue weighted by atomic mass is 32.1. The van der Waals surface area contributed by atoms with E-state index in [2.05, 4.69) is 10.1 Å². The van der Waals surface area contributed by atoms with Crippen LogP contribution in [0, 0.1) is 6.92 Å². The molecule has 0 amide bonds. The molecule has 0 spiro atoms. The van der Waals surface area contributed by atoms with Crippen molar-refractivity contribution in [3.05, 3.63) is 78.2 Å². The maximum Gasteiger partial charge on any atom is 0.338 e. The summed E-state index contributed by atoms with van der Waals surface area (Å²) in [5.74, 6) is -0.495. The van der Waals surface area contributed by atoms with Crippen molar-refractivity contribution in [3.8, 4) is 0 Å². The Balaban J connectivity index is 1.96. The quantitative estimate of drug-likeness (QED) is 0.562. The summed E-state index contributed by atoms with van der Waals surface area (Å²) < 4.78 is 8.89. The maximum atomic E-state index is 13.5.